The van der Waals surface area contributed by atoms with E-state index in [2.05, 4.69) is 66.9 Å². The number of rotatable bonds is 36. The van der Waals surface area contributed by atoms with Gasteiger partial charge in [-0.2, -0.15) is 23.5 Å². The zero-order valence-electron chi connectivity index (χ0n) is 34.5. The fourth-order valence-electron chi connectivity index (χ4n) is 5.64. The fourth-order valence-corrected chi connectivity index (χ4v) is 6.98. The van der Waals surface area contributed by atoms with E-state index in [0.717, 1.165) is 35.9 Å². The van der Waals surface area contributed by atoms with Crippen LogP contribution >= 0.6 is 23.5 Å². The van der Waals surface area contributed by atoms with Gasteiger partial charge in [0.15, 0.2) is 5.78 Å². The lowest BCUT2D eigenvalue weighted by molar-refractivity contribution is -0.145. The first kappa shape index (κ1) is 51.3. The first-order chi connectivity index (χ1) is 28.5. The molecule has 0 aliphatic carbocycles. The van der Waals surface area contributed by atoms with Crippen LogP contribution in [-0.2, 0) is 65.6 Å². The number of ketones is 2. The Morgan fingerprint density at radius 3 is 1.90 bits per heavy atom. The molecule has 0 heterocycles. The minimum absolute atomic E-state index is 0.0442. The van der Waals surface area contributed by atoms with Crippen molar-refractivity contribution in [2.75, 3.05) is 70.9 Å². The molecule has 14 nitrogen and oxygen atoms in total. The zero-order chi connectivity index (χ0) is 43.1. The minimum Gasteiger partial charge on any atom is -0.481 e. The fraction of sp³-hybridized carbons (Fsp3) is 0.581. The van der Waals surface area contributed by atoms with Crippen molar-refractivity contribution in [1.82, 2.24) is 10.6 Å². The molecule has 1 unspecified atom stereocenters. The van der Waals surface area contributed by atoms with Gasteiger partial charge >= 0.3 is 11.9 Å². The average molecular weight is 863 g/mol. The Balaban J connectivity index is 1.47. The number of Topliss-reactive ketones (excluding diaryl/α,β-unsaturated/α-hetero) is 2. The van der Waals surface area contributed by atoms with E-state index < -0.39 is 30.3 Å². The molecule has 59 heavy (non-hydrogen) atoms. The lowest BCUT2D eigenvalue weighted by Crippen LogP contribution is -2.41. The third-order valence-electron chi connectivity index (χ3n) is 8.76. The van der Waals surface area contributed by atoms with Crippen LogP contribution in [0.5, 0.6) is 0 Å². The Bertz CT molecular complexity index is 1570. The van der Waals surface area contributed by atoms with Crippen molar-refractivity contribution in [2.24, 2.45) is 0 Å². The molecular weight excluding hydrogens is 801 g/mol. The highest BCUT2D eigenvalue weighted by Crippen LogP contribution is 2.27. The number of hydrogen-bond donors (Lipinski definition) is 4. The van der Waals surface area contributed by atoms with Crippen molar-refractivity contribution in [2.45, 2.75) is 89.2 Å². The maximum Gasteiger partial charge on any atom is 0.326 e. The summed E-state index contributed by atoms with van der Waals surface area (Å²) in [7, 11) is 0. The lowest BCUT2D eigenvalue weighted by Gasteiger charge is -2.13. The molecule has 0 saturated carbocycles. The van der Waals surface area contributed by atoms with Gasteiger partial charge in [0.05, 0.1) is 26.4 Å². The lowest BCUT2D eigenvalue weighted by atomic mass is 9.96. The number of amides is 2. The van der Waals surface area contributed by atoms with Crippen molar-refractivity contribution in [3.05, 3.63) is 59.2 Å². The highest BCUT2D eigenvalue weighted by Gasteiger charge is 2.22. The molecule has 2 amide bonds. The SMILES string of the molecule is CCSCc1ccc(-c2ccc(CSCC)c(CCCNC(=O)COCCOCCCC(=O)COCCOCCCC(=O)CCC(NC(=O)CC(=O)O)C(=O)O)c2)cc1. The molecule has 16 heteroatoms. The van der Waals surface area contributed by atoms with Gasteiger partial charge in [0.25, 0.3) is 0 Å². The van der Waals surface area contributed by atoms with Gasteiger partial charge in [-0.3, -0.25) is 24.0 Å². The Hall–Kier alpha value is -3.80. The summed E-state index contributed by atoms with van der Waals surface area (Å²) in [4.78, 5) is 69.8. The molecule has 0 aliphatic heterocycles. The first-order valence-electron chi connectivity index (χ1n) is 20.2. The molecule has 0 radical (unpaired) electrons. The van der Waals surface area contributed by atoms with Gasteiger partial charge in [0.2, 0.25) is 11.8 Å². The van der Waals surface area contributed by atoms with Gasteiger partial charge in [0, 0.05) is 50.5 Å². The molecule has 0 aliphatic rings. The predicted octanol–water partition coefficient (Wildman–Crippen LogP) is 5.50. The first-order valence-corrected chi connectivity index (χ1v) is 22.5. The largest absolute Gasteiger partial charge is 0.481 e. The van der Waals surface area contributed by atoms with Gasteiger partial charge in [-0.1, -0.05) is 56.3 Å². The summed E-state index contributed by atoms with van der Waals surface area (Å²) in [6.45, 7) is 6.49. The van der Waals surface area contributed by atoms with Crippen LogP contribution in [0.4, 0.5) is 0 Å². The Kier molecular flexibility index (Phi) is 27.9. The van der Waals surface area contributed by atoms with E-state index in [1.807, 2.05) is 23.5 Å². The maximum atomic E-state index is 12.3. The highest BCUT2D eigenvalue weighted by molar-refractivity contribution is 7.98. The van der Waals surface area contributed by atoms with Gasteiger partial charge in [-0.15, -0.1) is 0 Å². The summed E-state index contributed by atoms with van der Waals surface area (Å²) >= 11 is 3.83. The van der Waals surface area contributed by atoms with Crippen molar-refractivity contribution in [3.8, 4) is 11.1 Å². The third-order valence-corrected chi connectivity index (χ3v) is 10.6. The van der Waals surface area contributed by atoms with E-state index in [0.29, 0.717) is 39.0 Å². The molecule has 2 aromatic rings. The number of thioether (sulfide) groups is 2. The standard InChI is InChI=1S/C43H62N2O12S2/c1-3-58-30-32-11-13-33(14-12-32)35-15-16-36(31-59-4-2)34(26-35)8-5-19-44-41(49)29-57-25-23-55-21-7-10-38(47)28-56-24-22-54-20-6-9-37(46)17-18-39(43(52)53)45-40(48)27-42(50)51/h11-16,26,39H,3-10,17-25,27-31H2,1-2H3,(H,44,49)(H,45,48)(H,50,51)(H,52,53). The van der Waals surface area contributed by atoms with Gasteiger partial charge in [0.1, 0.15) is 31.5 Å². The summed E-state index contributed by atoms with van der Waals surface area (Å²) in [6.07, 6.45) is 2.01. The number of hydrogen-bond acceptors (Lipinski definition) is 12. The van der Waals surface area contributed by atoms with Crippen LogP contribution in [-0.4, -0.2) is 122 Å². The van der Waals surface area contributed by atoms with E-state index in [4.69, 9.17) is 24.1 Å². The molecule has 2 aromatic carbocycles. The normalized spacial score (nSPS) is 11.6. The Morgan fingerprint density at radius 2 is 1.25 bits per heavy atom. The predicted molar refractivity (Wildman–Crippen MR) is 230 cm³/mol. The molecule has 0 saturated heterocycles. The number of aryl methyl sites for hydroxylation is 1. The molecule has 0 fully saturated rings. The molecule has 4 N–H and O–H groups in total. The van der Waals surface area contributed by atoms with Gasteiger partial charge < -0.3 is 39.8 Å². The molecule has 2 rings (SSSR count). The quantitative estimate of drug-likeness (QED) is 0.0494. The number of nitrogens with one attached hydrogen (secondary N) is 2. The van der Waals surface area contributed by atoms with Crippen LogP contribution in [0.25, 0.3) is 11.1 Å². The third kappa shape index (κ3) is 24.8. The van der Waals surface area contributed by atoms with E-state index >= 15 is 0 Å². The van der Waals surface area contributed by atoms with Crippen LogP contribution in [0.15, 0.2) is 42.5 Å². The number of aliphatic carboxylic acids is 2. The van der Waals surface area contributed by atoms with E-state index in [-0.39, 0.29) is 76.4 Å². The molecule has 328 valence electrons. The summed E-state index contributed by atoms with van der Waals surface area (Å²) in [6, 6.07) is 14.2. The van der Waals surface area contributed by atoms with E-state index in [1.54, 1.807) is 0 Å². The van der Waals surface area contributed by atoms with E-state index in [9.17, 15) is 33.9 Å². The summed E-state index contributed by atoms with van der Waals surface area (Å²) in [5, 5.41) is 22.8. The molecular formula is C43H62N2O12S2. The van der Waals surface area contributed by atoms with Gasteiger partial charge in [-0.25, -0.2) is 4.79 Å². The second-order valence-corrected chi connectivity index (χ2v) is 16.1. The van der Waals surface area contributed by atoms with Crippen LogP contribution < -0.4 is 10.6 Å². The second-order valence-electron chi connectivity index (χ2n) is 13.6. The highest BCUT2D eigenvalue weighted by atomic mass is 32.2. The van der Waals surface area contributed by atoms with Crippen LogP contribution in [0.3, 0.4) is 0 Å². The van der Waals surface area contributed by atoms with Crippen molar-refractivity contribution in [3.63, 3.8) is 0 Å². The minimum atomic E-state index is -1.38. The smallest absolute Gasteiger partial charge is 0.326 e. The number of carbonyl (C=O) groups excluding carboxylic acids is 4. The summed E-state index contributed by atoms with van der Waals surface area (Å²) in [5.74, 6) is 0.0580. The average Bonchev–Trinajstić information content (AvgIpc) is 3.21. The molecule has 1 atom stereocenters. The van der Waals surface area contributed by atoms with Crippen molar-refractivity contribution < 1.29 is 57.9 Å². The van der Waals surface area contributed by atoms with Gasteiger partial charge in [-0.05, 0) is 71.4 Å². The summed E-state index contributed by atoms with van der Waals surface area (Å²) in [5.41, 5.74) is 6.41. The van der Waals surface area contributed by atoms with E-state index in [1.165, 1.54) is 27.8 Å². The maximum absolute atomic E-state index is 12.3. The molecule has 0 spiro atoms. The van der Waals surface area contributed by atoms with Crippen LogP contribution in [0, 0.1) is 0 Å². The summed E-state index contributed by atoms with van der Waals surface area (Å²) < 4.78 is 21.7. The molecule has 0 aromatic heterocycles. The number of benzene rings is 2. The van der Waals surface area contributed by atoms with Crippen molar-refractivity contribution >= 4 is 58.8 Å². The number of ether oxygens (including phenoxy) is 4. The number of carbonyl (C=O) groups is 6. The number of carboxylic acids is 2. The monoisotopic (exact) mass is 862 g/mol. The van der Waals surface area contributed by atoms with Crippen LogP contribution in [0.1, 0.15) is 81.9 Å². The Labute approximate surface area is 356 Å². The molecule has 0 bridgehead atoms. The number of carboxylic acid groups (broad SMARTS) is 2. The topological polar surface area (TPSA) is 204 Å². The zero-order valence-corrected chi connectivity index (χ0v) is 36.1. The second kappa shape index (κ2) is 32.0. The van der Waals surface area contributed by atoms with Crippen LogP contribution in [0.2, 0.25) is 0 Å². The van der Waals surface area contributed by atoms with Crippen molar-refractivity contribution in [1.29, 1.82) is 0 Å². The Morgan fingerprint density at radius 1 is 0.644 bits per heavy atom.